The molecule has 2 aromatic carbocycles. The summed E-state index contributed by atoms with van der Waals surface area (Å²) in [5, 5.41) is 2.12. The highest BCUT2D eigenvalue weighted by Crippen LogP contribution is 2.43. The molecule has 0 radical (unpaired) electrons. The maximum absolute atomic E-state index is 13.4. The van der Waals surface area contributed by atoms with Crippen molar-refractivity contribution < 1.29 is 26.4 Å². The Labute approximate surface area is 152 Å². The average Bonchev–Trinajstić information content (AvgIpc) is 2.47. The first-order valence-corrected chi connectivity index (χ1v) is 9.20. The number of halogens is 4. The summed E-state index contributed by atoms with van der Waals surface area (Å²) in [4.78, 5) is 11.2. The van der Waals surface area contributed by atoms with Crippen molar-refractivity contribution in [3.8, 4) is 11.1 Å². The van der Waals surface area contributed by atoms with Crippen LogP contribution in [-0.2, 0) is 16.2 Å². The van der Waals surface area contributed by atoms with Gasteiger partial charge in [0.25, 0.3) is 0 Å². The molecule has 0 saturated heterocycles. The Morgan fingerprint density at radius 3 is 2.31 bits per heavy atom. The number of rotatable bonds is 4. The van der Waals surface area contributed by atoms with Crippen LogP contribution in [0, 0.1) is 0 Å². The summed E-state index contributed by atoms with van der Waals surface area (Å²) in [5.41, 5.74) is 3.10. The second-order valence-corrected chi connectivity index (χ2v) is 7.47. The van der Waals surface area contributed by atoms with Gasteiger partial charge in [-0.15, -0.1) is 0 Å². The highest BCUT2D eigenvalue weighted by atomic mass is 35.5. The summed E-state index contributed by atoms with van der Waals surface area (Å²) in [6.07, 6.45) is -3.88. The summed E-state index contributed by atoms with van der Waals surface area (Å²) in [5.74, 6) is 0. The number of nitrogens with two attached hydrogens (primary N) is 1. The molecular formula is C15H13ClF3N3O3S. The molecular weight excluding hydrogens is 395 g/mol. The number of nitrogens with one attached hydrogen (secondary N) is 2. The van der Waals surface area contributed by atoms with Gasteiger partial charge in [-0.1, -0.05) is 29.8 Å². The predicted molar refractivity (Wildman–Crippen MR) is 93.6 cm³/mol. The Kier molecular flexibility index (Phi) is 5.38. The van der Waals surface area contributed by atoms with E-state index in [0.29, 0.717) is 0 Å². The third kappa shape index (κ3) is 4.79. The number of benzene rings is 2. The molecule has 0 aliphatic rings. The van der Waals surface area contributed by atoms with Crippen molar-refractivity contribution in [3.05, 3.63) is 47.0 Å². The minimum absolute atomic E-state index is 0.0280. The summed E-state index contributed by atoms with van der Waals surface area (Å²) in [6, 6.07) is 5.85. The Morgan fingerprint density at radius 2 is 1.77 bits per heavy atom. The van der Waals surface area contributed by atoms with Crippen LogP contribution >= 0.6 is 11.6 Å². The van der Waals surface area contributed by atoms with E-state index in [1.165, 1.54) is 18.2 Å². The van der Waals surface area contributed by atoms with Crippen LogP contribution in [0.5, 0.6) is 0 Å². The molecule has 0 unspecified atom stereocenters. The fourth-order valence-corrected chi connectivity index (χ4v) is 3.12. The van der Waals surface area contributed by atoms with E-state index in [9.17, 15) is 26.4 Å². The molecule has 2 rings (SSSR count). The second-order valence-electron chi connectivity index (χ2n) is 5.28. The van der Waals surface area contributed by atoms with E-state index in [1.807, 2.05) is 0 Å². The SMILES string of the molecule is CS(=O)(=O)Nc1c(NC(N)=O)cc(Cl)cc1-c1ccccc1C(F)(F)F. The normalized spacial score (nSPS) is 11.9. The van der Waals surface area contributed by atoms with Crippen molar-refractivity contribution in [2.24, 2.45) is 5.73 Å². The highest BCUT2D eigenvalue weighted by Gasteiger charge is 2.34. The molecule has 0 atom stereocenters. The van der Waals surface area contributed by atoms with E-state index >= 15 is 0 Å². The van der Waals surface area contributed by atoms with Gasteiger partial charge in [-0.3, -0.25) is 4.72 Å². The number of amides is 2. The third-order valence-electron chi connectivity index (χ3n) is 3.17. The van der Waals surface area contributed by atoms with Crippen LogP contribution in [0.2, 0.25) is 5.02 Å². The van der Waals surface area contributed by atoms with E-state index in [-0.39, 0.29) is 27.5 Å². The summed E-state index contributed by atoms with van der Waals surface area (Å²) in [7, 11) is -3.89. The minimum Gasteiger partial charge on any atom is -0.351 e. The van der Waals surface area contributed by atoms with E-state index in [1.54, 1.807) is 0 Å². The molecule has 0 aromatic heterocycles. The molecule has 2 amide bonds. The van der Waals surface area contributed by atoms with Crippen molar-refractivity contribution in [1.29, 1.82) is 0 Å². The Bertz CT molecular complexity index is 962. The lowest BCUT2D eigenvalue weighted by Gasteiger charge is -2.19. The number of anilines is 2. The number of hydrogen-bond acceptors (Lipinski definition) is 3. The van der Waals surface area contributed by atoms with E-state index in [0.717, 1.165) is 24.5 Å². The molecule has 0 spiro atoms. The number of primary amides is 1. The second kappa shape index (κ2) is 7.04. The van der Waals surface area contributed by atoms with Crippen LogP contribution in [0.15, 0.2) is 36.4 Å². The van der Waals surface area contributed by atoms with Gasteiger partial charge in [-0.05, 0) is 23.8 Å². The van der Waals surface area contributed by atoms with Gasteiger partial charge in [0.2, 0.25) is 10.0 Å². The fraction of sp³-hybridized carbons (Fsp3) is 0.133. The van der Waals surface area contributed by atoms with Crippen LogP contribution in [0.3, 0.4) is 0 Å². The number of urea groups is 1. The fourth-order valence-electron chi connectivity index (χ4n) is 2.31. The number of carbonyl (C=O) groups is 1. The molecule has 2 aromatic rings. The molecule has 6 nitrogen and oxygen atoms in total. The largest absolute Gasteiger partial charge is 0.417 e. The molecule has 0 fully saturated rings. The smallest absolute Gasteiger partial charge is 0.351 e. The first-order chi connectivity index (χ1) is 11.9. The molecule has 140 valence electrons. The van der Waals surface area contributed by atoms with Gasteiger partial charge in [0.15, 0.2) is 0 Å². The monoisotopic (exact) mass is 407 g/mol. The van der Waals surface area contributed by atoms with E-state index in [4.69, 9.17) is 17.3 Å². The standard InChI is InChI=1S/C15H13ClF3N3O3S/c1-26(24,25)22-13-10(6-8(16)7-12(13)21-14(20)23)9-4-2-3-5-11(9)15(17,18)19/h2-7,22H,1H3,(H3,20,21,23). The van der Waals surface area contributed by atoms with E-state index in [2.05, 4.69) is 10.0 Å². The van der Waals surface area contributed by atoms with Crippen LogP contribution in [-0.4, -0.2) is 20.7 Å². The highest BCUT2D eigenvalue weighted by molar-refractivity contribution is 7.92. The topological polar surface area (TPSA) is 101 Å². The van der Waals surface area contributed by atoms with Gasteiger partial charge >= 0.3 is 12.2 Å². The van der Waals surface area contributed by atoms with Crippen LogP contribution in [0.1, 0.15) is 5.56 Å². The maximum atomic E-state index is 13.4. The molecule has 0 saturated carbocycles. The van der Waals surface area contributed by atoms with Crippen LogP contribution in [0.25, 0.3) is 11.1 Å². The zero-order valence-corrected chi connectivity index (χ0v) is 14.8. The first kappa shape index (κ1) is 19.9. The summed E-state index contributed by atoms with van der Waals surface area (Å²) in [6.45, 7) is 0. The average molecular weight is 408 g/mol. The lowest BCUT2D eigenvalue weighted by molar-refractivity contribution is -0.137. The van der Waals surface area contributed by atoms with Crippen LogP contribution in [0.4, 0.5) is 29.3 Å². The summed E-state index contributed by atoms with van der Waals surface area (Å²) >= 11 is 5.94. The molecule has 0 aliphatic heterocycles. The maximum Gasteiger partial charge on any atom is 0.417 e. The number of carbonyl (C=O) groups excluding carboxylic acids is 1. The van der Waals surface area contributed by atoms with Gasteiger partial charge in [0, 0.05) is 10.6 Å². The Morgan fingerprint density at radius 1 is 1.15 bits per heavy atom. The van der Waals surface area contributed by atoms with Gasteiger partial charge in [0.05, 0.1) is 23.2 Å². The molecule has 4 N–H and O–H groups in total. The molecule has 0 heterocycles. The van der Waals surface area contributed by atoms with E-state index < -0.39 is 27.8 Å². The van der Waals surface area contributed by atoms with Crippen molar-refractivity contribution in [1.82, 2.24) is 0 Å². The number of hydrogen-bond donors (Lipinski definition) is 3. The molecule has 26 heavy (non-hydrogen) atoms. The van der Waals surface area contributed by atoms with Crippen molar-refractivity contribution in [3.63, 3.8) is 0 Å². The van der Waals surface area contributed by atoms with Crippen molar-refractivity contribution >= 4 is 39.0 Å². The quantitative estimate of drug-likeness (QED) is 0.716. The lowest BCUT2D eigenvalue weighted by atomic mass is 9.97. The number of sulfonamides is 1. The van der Waals surface area contributed by atoms with Crippen LogP contribution < -0.4 is 15.8 Å². The molecule has 0 bridgehead atoms. The summed E-state index contributed by atoms with van der Waals surface area (Å²) < 4.78 is 65.5. The van der Waals surface area contributed by atoms with Gasteiger partial charge < -0.3 is 11.1 Å². The Hall–Kier alpha value is -2.46. The van der Waals surface area contributed by atoms with Crippen molar-refractivity contribution in [2.45, 2.75) is 6.18 Å². The molecule has 11 heteroatoms. The third-order valence-corrected chi connectivity index (χ3v) is 3.96. The zero-order valence-electron chi connectivity index (χ0n) is 13.2. The zero-order chi connectivity index (χ0) is 19.7. The lowest BCUT2D eigenvalue weighted by Crippen LogP contribution is -2.21. The minimum atomic E-state index is -4.70. The Balaban J connectivity index is 2.84. The molecule has 0 aliphatic carbocycles. The van der Waals surface area contributed by atoms with Gasteiger partial charge in [-0.2, -0.15) is 13.2 Å². The van der Waals surface area contributed by atoms with Gasteiger partial charge in [0.1, 0.15) is 0 Å². The van der Waals surface area contributed by atoms with Gasteiger partial charge in [-0.25, -0.2) is 13.2 Å². The predicted octanol–water partition coefficient (Wildman–Crippen LogP) is 3.89. The first-order valence-electron chi connectivity index (χ1n) is 6.93. The van der Waals surface area contributed by atoms with Crippen molar-refractivity contribution in [2.75, 3.05) is 16.3 Å². The number of alkyl halides is 3.